The topological polar surface area (TPSA) is 34.9 Å². The molecule has 1 aromatic heterocycles. The first kappa shape index (κ1) is 11.9. The van der Waals surface area contributed by atoms with Crippen LogP contribution in [0.2, 0.25) is 0 Å². The van der Waals surface area contributed by atoms with Crippen LogP contribution < -0.4 is 5.56 Å². The van der Waals surface area contributed by atoms with E-state index < -0.39 is 0 Å². The largest absolute Gasteiger partial charge is 0.299 e. The van der Waals surface area contributed by atoms with E-state index in [1.54, 1.807) is 10.9 Å². The van der Waals surface area contributed by atoms with Crippen LogP contribution in [0.4, 0.5) is 0 Å². The zero-order valence-electron chi connectivity index (χ0n) is 9.36. The number of benzene rings is 1. The van der Waals surface area contributed by atoms with Crippen LogP contribution in [0.1, 0.15) is 11.5 Å². The van der Waals surface area contributed by atoms with Crippen molar-refractivity contribution < 1.29 is 0 Å². The molecule has 0 saturated carbocycles. The van der Waals surface area contributed by atoms with Gasteiger partial charge in [-0.15, -0.1) is 0 Å². The van der Waals surface area contributed by atoms with Crippen LogP contribution in [-0.2, 0) is 6.54 Å². The van der Waals surface area contributed by atoms with Crippen molar-refractivity contribution in [2.24, 2.45) is 0 Å². The third-order valence-corrected chi connectivity index (χ3v) is 3.14. The van der Waals surface area contributed by atoms with Gasteiger partial charge in [0.05, 0.1) is 6.33 Å². The van der Waals surface area contributed by atoms with Crippen molar-refractivity contribution in [1.29, 1.82) is 0 Å². The van der Waals surface area contributed by atoms with Gasteiger partial charge in [-0.2, -0.15) is 12.6 Å². The second-order valence-corrected chi connectivity index (χ2v) is 4.23. The maximum atomic E-state index is 11.6. The van der Waals surface area contributed by atoms with Gasteiger partial charge in [0.2, 0.25) is 0 Å². The van der Waals surface area contributed by atoms with E-state index >= 15 is 0 Å². The zero-order chi connectivity index (χ0) is 12.1. The second kappa shape index (κ2) is 5.68. The number of rotatable bonds is 4. The molecule has 0 radical (unpaired) electrons. The molecule has 17 heavy (non-hydrogen) atoms. The normalized spacial score (nSPS) is 12.3. The standard InChI is InChI=1S/C13H14N2OS/c16-13-6-7-14-10-15(13)8-12(9-17)11-4-2-1-3-5-11/h1-7,10,12,17H,8-9H2. The molecule has 1 heterocycles. The summed E-state index contributed by atoms with van der Waals surface area (Å²) in [4.78, 5) is 15.6. The van der Waals surface area contributed by atoms with E-state index in [0.29, 0.717) is 12.3 Å². The molecule has 1 unspecified atom stereocenters. The lowest BCUT2D eigenvalue weighted by atomic mass is 10.0. The van der Waals surface area contributed by atoms with Gasteiger partial charge in [0.1, 0.15) is 0 Å². The monoisotopic (exact) mass is 246 g/mol. The summed E-state index contributed by atoms with van der Waals surface area (Å²) in [5.74, 6) is 0.923. The third-order valence-electron chi connectivity index (χ3n) is 2.70. The van der Waals surface area contributed by atoms with Crippen LogP contribution in [0.15, 0.2) is 53.7 Å². The van der Waals surface area contributed by atoms with Gasteiger partial charge in [0.15, 0.2) is 0 Å². The number of hydrogen-bond acceptors (Lipinski definition) is 3. The van der Waals surface area contributed by atoms with Gasteiger partial charge < -0.3 is 0 Å². The van der Waals surface area contributed by atoms with E-state index in [1.807, 2.05) is 18.2 Å². The summed E-state index contributed by atoms with van der Waals surface area (Å²) in [5.41, 5.74) is 1.17. The average Bonchev–Trinajstić information content (AvgIpc) is 2.39. The number of hydrogen-bond donors (Lipinski definition) is 1. The van der Waals surface area contributed by atoms with Crippen molar-refractivity contribution in [1.82, 2.24) is 9.55 Å². The minimum Gasteiger partial charge on any atom is -0.299 e. The molecule has 0 amide bonds. The Morgan fingerprint density at radius 2 is 2.00 bits per heavy atom. The molecule has 0 spiro atoms. The van der Waals surface area contributed by atoms with Gasteiger partial charge >= 0.3 is 0 Å². The first-order valence-corrected chi connectivity index (χ1v) is 6.11. The molecule has 0 saturated heterocycles. The maximum absolute atomic E-state index is 11.6. The summed E-state index contributed by atoms with van der Waals surface area (Å²) in [6, 6.07) is 11.6. The van der Waals surface area contributed by atoms with Crippen LogP contribution in [0, 0.1) is 0 Å². The highest BCUT2D eigenvalue weighted by Gasteiger charge is 2.10. The average molecular weight is 246 g/mol. The highest BCUT2D eigenvalue weighted by Crippen LogP contribution is 2.18. The molecule has 0 aliphatic carbocycles. The summed E-state index contributed by atoms with van der Waals surface area (Å²) in [5, 5.41) is 0. The minimum absolute atomic E-state index is 0.0253. The number of thiol groups is 1. The van der Waals surface area contributed by atoms with E-state index in [4.69, 9.17) is 0 Å². The van der Waals surface area contributed by atoms with Gasteiger partial charge in [-0.3, -0.25) is 9.36 Å². The predicted octanol–water partition coefficient (Wildman–Crippen LogP) is 1.96. The zero-order valence-corrected chi connectivity index (χ0v) is 10.3. The van der Waals surface area contributed by atoms with Crippen LogP contribution in [0.3, 0.4) is 0 Å². The molecule has 0 aliphatic heterocycles. The van der Waals surface area contributed by atoms with Crippen LogP contribution >= 0.6 is 12.6 Å². The molecule has 0 aliphatic rings. The third kappa shape index (κ3) is 2.97. The molecule has 3 nitrogen and oxygen atoms in total. The van der Waals surface area contributed by atoms with Crippen molar-refractivity contribution in [3.05, 3.63) is 64.8 Å². The first-order valence-electron chi connectivity index (χ1n) is 5.47. The van der Waals surface area contributed by atoms with Crippen LogP contribution in [0.25, 0.3) is 0 Å². The molecule has 2 rings (SSSR count). The van der Waals surface area contributed by atoms with E-state index in [2.05, 4.69) is 29.7 Å². The predicted molar refractivity (Wildman–Crippen MR) is 71.5 cm³/mol. The van der Waals surface area contributed by atoms with E-state index in [1.165, 1.54) is 17.8 Å². The van der Waals surface area contributed by atoms with E-state index in [9.17, 15) is 4.79 Å². The molecular weight excluding hydrogens is 232 g/mol. The molecule has 1 aromatic carbocycles. The van der Waals surface area contributed by atoms with Crippen molar-refractivity contribution in [2.45, 2.75) is 12.5 Å². The molecule has 4 heteroatoms. The Bertz CT molecular complexity index is 524. The van der Waals surface area contributed by atoms with Crippen LogP contribution in [0.5, 0.6) is 0 Å². The molecule has 0 fully saturated rings. The maximum Gasteiger partial charge on any atom is 0.253 e. The van der Waals surface area contributed by atoms with Gasteiger partial charge in [-0.25, -0.2) is 4.98 Å². The molecule has 2 aromatic rings. The Morgan fingerprint density at radius 3 is 2.65 bits per heavy atom. The van der Waals surface area contributed by atoms with Crippen molar-refractivity contribution in [2.75, 3.05) is 5.75 Å². The Hall–Kier alpha value is -1.55. The number of aromatic nitrogens is 2. The number of nitrogens with zero attached hydrogens (tertiary/aromatic N) is 2. The Balaban J connectivity index is 2.22. The molecular formula is C13H14N2OS. The summed E-state index contributed by atoms with van der Waals surface area (Å²) < 4.78 is 1.62. The summed E-state index contributed by atoms with van der Waals surface area (Å²) in [6.45, 7) is 0.611. The fourth-order valence-electron chi connectivity index (χ4n) is 1.75. The molecule has 0 N–H and O–H groups in total. The molecule has 0 bridgehead atoms. The smallest absolute Gasteiger partial charge is 0.253 e. The van der Waals surface area contributed by atoms with E-state index in [-0.39, 0.29) is 11.5 Å². The fourth-order valence-corrected chi connectivity index (χ4v) is 2.07. The van der Waals surface area contributed by atoms with Crippen molar-refractivity contribution in [3.63, 3.8) is 0 Å². The summed E-state index contributed by atoms with van der Waals surface area (Å²) in [7, 11) is 0. The fraction of sp³-hybridized carbons (Fsp3) is 0.231. The van der Waals surface area contributed by atoms with Gasteiger partial charge in [-0.05, 0) is 11.3 Å². The van der Waals surface area contributed by atoms with Gasteiger partial charge in [0, 0.05) is 24.7 Å². The first-order chi connectivity index (χ1) is 8.31. The van der Waals surface area contributed by atoms with Crippen molar-refractivity contribution in [3.8, 4) is 0 Å². The van der Waals surface area contributed by atoms with Gasteiger partial charge in [0.25, 0.3) is 5.56 Å². The quantitative estimate of drug-likeness (QED) is 0.837. The van der Waals surface area contributed by atoms with E-state index in [0.717, 1.165) is 0 Å². The Morgan fingerprint density at radius 1 is 1.24 bits per heavy atom. The molecule has 88 valence electrons. The highest BCUT2D eigenvalue weighted by atomic mass is 32.1. The second-order valence-electron chi connectivity index (χ2n) is 3.86. The lowest BCUT2D eigenvalue weighted by Crippen LogP contribution is -2.23. The molecule has 1 atom stereocenters. The van der Waals surface area contributed by atoms with Crippen molar-refractivity contribution >= 4 is 12.6 Å². The Labute approximate surface area is 106 Å². The Kier molecular flexibility index (Phi) is 3.98. The highest BCUT2D eigenvalue weighted by molar-refractivity contribution is 7.80. The SMILES string of the molecule is O=c1ccncn1CC(CS)c1ccccc1. The summed E-state index contributed by atoms with van der Waals surface area (Å²) >= 11 is 4.36. The lowest BCUT2D eigenvalue weighted by Gasteiger charge is -2.15. The van der Waals surface area contributed by atoms with Gasteiger partial charge in [-0.1, -0.05) is 30.3 Å². The summed E-state index contributed by atoms with van der Waals surface area (Å²) in [6.07, 6.45) is 3.08. The lowest BCUT2D eigenvalue weighted by molar-refractivity contribution is 0.578. The minimum atomic E-state index is -0.0253. The van der Waals surface area contributed by atoms with Crippen LogP contribution in [-0.4, -0.2) is 15.3 Å².